The SMILES string of the molecule is NC(c1ccccc1)C1(N2CCC2)CCCC1. The lowest BCUT2D eigenvalue weighted by molar-refractivity contribution is 0.0130. The predicted octanol–water partition coefficient (Wildman–Crippen LogP) is 2.70. The topological polar surface area (TPSA) is 29.3 Å². The Bertz CT molecular complexity index is 364. The summed E-state index contributed by atoms with van der Waals surface area (Å²) in [6.45, 7) is 2.50. The fourth-order valence-corrected chi connectivity index (χ4v) is 3.54. The third-order valence-electron chi connectivity index (χ3n) is 4.69. The number of hydrogen-bond acceptors (Lipinski definition) is 2. The van der Waals surface area contributed by atoms with Gasteiger partial charge < -0.3 is 5.73 Å². The van der Waals surface area contributed by atoms with E-state index in [0.29, 0.717) is 0 Å². The monoisotopic (exact) mass is 230 g/mol. The second-order valence-corrected chi connectivity index (χ2v) is 5.54. The average molecular weight is 230 g/mol. The summed E-state index contributed by atoms with van der Waals surface area (Å²) in [5.74, 6) is 0. The predicted molar refractivity (Wildman–Crippen MR) is 70.8 cm³/mol. The van der Waals surface area contributed by atoms with Crippen LogP contribution in [-0.4, -0.2) is 23.5 Å². The van der Waals surface area contributed by atoms with Crippen LogP contribution in [0.25, 0.3) is 0 Å². The van der Waals surface area contributed by atoms with Crippen molar-refractivity contribution in [1.82, 2.24) is 4.90 Å². The molecule has 2 aliphatic rings. The molecule has 1 unspecified atom stereocenters. The Morgan fingerprint density at radius 2 is 1.65 bits per heavy atom. The number of hydrogen-bond donors (Lipinski definition) is 1. The molecule has 1 saturated carbocycles. The summed E-state index contributed by atoms with van der Waals surface area (Å²) >= 11 is 0. The molecule has 17 heavy (non-hydrogen) atoms. The molecule has 1 aliphatic carbocycles. The molecule has 2 nitrogen and oxygen atoms in total. The van der Waals surface area contributed by atoms with E-state index in [9.17, 15) is 0 Å². The van der Waals surface area contributed by atoms with Gasteiger partial charge in [-0.25, -0.2) is 0 Å². The molecule has 3 rings (SSSR count). The molecule has 1 heterocycles. The number of rotatable bonds is 3. The Labute approximate surface area is 104 Å². The summed E-state index contributed by atoms with van der Waals surface area (Å²) in [6.07, 6.45) is 6.60. The Morgan fingerprint density at radius 3 is 2.18 bits per heavy atom. The van der Waals surface area contributed by atoms with Crippen molar-refractivity contribution in [3.05, 3.63) is 35.9 Å². The maximum atomic E-state index is 6.60. The molecule has 0 bridgehead atoms. The lowest BCUT2D eigenvalue weighted by atomic mass is 9.80. The van der Waals surface area contributed by atoms with Gasteiger partial charge in [0.2, 0.25) is 0 Å². The Morgan fingerprint density at radius 1 is 1.00 bits per heavy atom. The van der Waals surface area contributed by atoms with E-state index < -0.39 is 0 Å². The van der Waals surface area contributed by atoms with Crippen molar-refractivity contribution in [2.75, 3.05) is 13.1 Å². The third-order valence-corrected chi connectivity index (χ3v) is 4.69. The smallest absolute Gasteiger partial charge is 0.0482 e. The lowest BCUT2D eigenvalue weighted by Crippen LogP contribution is -2.58. The van der Waals surface area contributed by atoms with Crippen molar-refractivity contribution in [2.45, 2.75) is 43.7 Å². The van der Waals surface area contributed by atoms with Gasteiger partial charge in [-0.05, 0) is 37.9 Å². The first kappa shape index (κ1) is 11.2. The van der Waals surface area contributed by atoms with Crippen molar-refractivity contribution < 1.29 is 0 Å². The van der Waals surface area contributed by atoms with Gasteiger partial charge in [-0.3, -0.25) is 4.90 Å². The van der Waals surface area contributed by atoms with Crippen LogP contribution in [0.4, 0.5) is 0 Å². The molecule has 0 amide bonds. The molecular formula is C15H22N2. The van der Waals surface area contributed by atoms with Crippen LogP contribution in [-0.2, 0) is 0 Å². The summed E-state index contributed by atoms with van der Waals surface area (Å²) in [6, 6.07) is 10.8. The van der Waals surface area contributed by atoms with Crippen LogP contribution in [0.1, 0.15) is 43.7 Å². The van der Waals surface area contributed by atoms with E-state index >= 15 is 0 Å². The van der Waals surface area contributed by atoms with E-state index in [4.69, 9.17) is 5.73 Å². The summed E-state index contributed by atoms with van der Waals surface area (Å²) in [5.41, 5.74) is 8.17. The van der Waals surface area contributed by atoms with Crippen LogP contribution in [0, 0.1) is 0 Å². The number of benzene rings is 1. The van der Waals surface area contributed by atoms with E-state index in [0.717, 1.165) is 0 Å². The quantitative estimate of drug-likeness (QED) is 0.865. The molecule has 1 atom stereocenters. The van der Waals surface area contributed by atoms with Gasteiger partial charge in [0.25, 0.3) is 0 Å². The van der Waals surface area contributed by atoms with Gasteiger partial charge >= 0.3 is 0 Å². The molecule has 1 aromatic carbocycles. The Balaban J connectivity index is 1.88. The van der Waals surface area contributed by atoms with E-state index in [1.165, 1.54) is 50.8 Å². The van der Waals surface area contributed by atoms with Gasteiger partial charge in [-0.2, -0.15) is 0 Å². The van der Waals surface area contributed by atoms with Gasteiger partial charge in [0.1, 0.15) is 0 Å². The third kappa shape index (κ3) is 1.80. The normalized spacial score (nSPS) is 25.5. The first-order chi connectivity index (χ1) is 8.33. The minimum absolute atomic E-state index is 0.187. The van der Waals surface area contributed by atoms with Gasteiger partial charge in [-0.15, -0.1) is 0 Å². The van der Waals surface area contributed by atoms with Gasteiger partial charge in [-0.1, -0.05) is 43.2 Å². The molecule has 0 spiro atoms. The summed E-state index contributed by atoms with van der Waals surface area (Å²) in [4.78, 5) is 2.64. The van der Waals surface area contributed by atoms with Crippen LogP contribution >= 0.6 is 0 Å². The summed E-state index contributed by atoms with van der Waals surface area (Å²) in [7, 11) is 0. The number of likely N-dealkylation sites (tertiary alicyclic amines) is 1. The molecular weight excluding hydrogens is 208 g/mol. The fraction of sp³-hybridized carbons (Fsp3) is 0.600. The zero-order chi connectivity index (χ0) is 11.7. The van der Waals surface area contributed by atoms with Crippen molar-refractivity contribution in [3.63, 3.8) is 0 Å². The van der Waals surface area contributed by atoms with Gasteiger partial charge in [0, 0.05) is 11.6 Å². The summed E-state index contributed by atoms with van der Waals surface area (Å²) < 4.78 is 0. The average Bonchev–Trinajstić information content (AvgIpc) is 2.77. The standard InChI is InChI=1S/C15H22N2/c16-14(13-7-2-1-3-8-13)15(9-4-5-10-15)17-11-6-12-17/h1-3,7-8,14H,4-6,9-12,16H2. The van der Waals surface area contributed by atoms with Crippen LogP contribution in [0.3, 0.4) is 0 Å². The van der Waals surface area contributed by atoms with Crippen molar-refractivity contribution in [3.8, 4) is 0 Å². The fourth-order valence-electron chi connectivity index (χ4n) is 3.54. The molecule has 0 aromatic heterocycles. The molecule has 1 saturated heterocycles. The molecule has 2 N–H and O–H groups in total. The first-order valence-corrected chi connectivity index (χ1v) is 6.88. The highest BCUT2D eigenvalue weighted by Gasteiger charge is 2.46. The van der Waals surface area contributed by atoms with Gasteiger partial charge in [0.15, 0.2) is 0 Å². The largest absolute Gasteiger partial charge is 0.322 e. The zero-order valence-corrected chi connectivity index (χ0v) is 10.4. The second-order valence-electron chi connectivity index (χ2n) is 5.54. The molecule has 1 aromatic rings. The molecule has 0 radical (unpaired) electrons. The molecule has 2 heteroatoms. The van der Waals surface area contributed by atoms with Crippen LogP contribution in [0.2, 0.25) is 0 Å². The minimum atomic E-state index is 0.187. The Kier molecular flexibility index (Phi) is 2.93. The highest BCUT2D eigenvalue weighted by Crippen LogP contribution is 2.45. The summed E-state index contributed by atoms with van der Waals surface area (Å²) in [5, 5.41) is 0. The van der Waals surface area contributed by atoms with Gasteiger partial charge in [0.05, 0.1) is 0 Å². The van der Waals surface area contributed by atoms with E-state index in [1.54, 1.807) is 0 Å². The maximum Gasteiger partial charge on any atom is 0.0482 e. The number of nitrogens with two attached hydrogens (primary N) is 1. The molecule has 1 aliphatic heterocycles. The highest BCUT2D eigenvalue weighted by molar-refractivity contribution is 5.24. The zero-order valence-electron chi connectivity index (χ0n) is 10.4. The maximum absolute atomic E-state index is 6.60. The highest BCUT2D eigenvalue weighted by atomic mass is 15.3. The van der Waals surface area contributed by atoms with E-state index in [2.05, 4.69) is 35.2 Å². The van der Waals surface area contributed by atoms with Crippen LogP contribution in [0.5, 0.6) is 0 Å². The van der Waals surface area contributed by atoms with E-state index in [-0.39, 0.29) is 11.6 Å². The van der Waals surface area contributed by atoms with Crippen molar-refractivity contribution in [1.29, 1.82) is 0 Å². The van der Waals surface area contributed by atoms with Crippen molar-refractivity contribution in [2.24, 2.45) is 5.73 Å². The number of nitrogens with zero attached hydrogens (tertiary/aromatic N) is 1. The molecule has 2 fully saturated rings. The minimum Gasteiger partial charge on any atom is -0.322 e. The van der Waals surface area contributed by atoms with Crippen LogP contribution in [0.15, 0.2) is 30.3 Å². The van der Waals surface area contributed by atoms with E-state index in [1.807, 2.05) is 0 Å². The van der Waals surface area contributed by atoms with Crippen LogP contribution < -0.4 is 5.73 Å². The lowest BCUT2D eigenvalue weighted by Gasteiger charge is -2.50. The van der Waals surface area contributed by atoms with Crippen molar-refractivity contribution >= 4 is 0 Å². The molecule has 92 valence electrons. The Hall–Kier alpha value is -0.860. The first-order valence-electron chi connectivity index (χ1n) is 6.88. The second kappa shape index (κ2) is 4.43.